The molecule has 28 nitrogen and oxygen atoms in total. The van der Waals surface area contributed by atoms with Gasteiger partial charge in [-0.1, -0.05) is 0 Å². The topological polar surface area (TPSA) is 443 Å². The monoisotopic (exact) mass is 957 g/mol. The van der Waals surface area contributed by atoms with Crippen molar-refractivity contribution in [1.82, 2.24) is 5.32 Å². The number of rotatable bonds is 16. The molecule has 0 spiro atoms. The molecule has 0 bridgehead atoms. The van der Waals surface area contributed by atoms with E-state index in [9.17, 15) is 76.0 Å². The van der Waals surface area contributed by atoms with Crippen molar-refractivity contribution in [1.29, 1.82) is 0 Å². The molecular formula is C36H60N3NaO25. The Hall–Kier alpha value is -1.47. The van der Waals surface area contributed by atoms with Gasteiger partial charge in [-0.05, 0) is 26.7 Å². The van der Waals surface area contributed by atoms with Crippen molar-refractivity contribution in [2.24, 2.45) is 10.7 Å². The number of aliphatic imine (C=N–C) groups is 1. The number of carboxylic acid groups (broad SMARTS) is 1. The van der Waals surface area contributed by atoms with Crippen LogP contribution in [-0.2, 0) is 57.0 Å². The van der Waals surface area contributed by atoms with E-state index in [-0.39, 0.29) is 42.7 Å². The second-order valence-electron chi connectivity index (χ2n) is 16.0. The Morgan fingerprint density at radius 1 is 0.615 bits per heavy atom. The number of hydrogen-bond acceptors (Lipinski definition) is 26. The number of carbonyl (C=O) groups is 2. The van der Waals surface area contributed by atoms with Crippen LogP contribution in [0.15, 0.2) is 4.99 Å². The maximum absolute atomic E-state index is 12.4. The van der Waals surface area contributed by atoms with Crippen molar-refractivity contribution in [2.45, 2.75) is 181 Å². The predicted molar refractivity (Wildman–Crippen MR) is 200 cm³/mol. The molecule has 0 aromatic carbocycles. The van der Waals surface area contributed by atoms with E-state index < -0.39 is 184 Å². The molecule has 5 saturated heterocycles. The Balaban J connectivity index is 0.00000925. The number of nitrogens with zero attached hydrogens (tertiary/aromatic N) is 1. The number of aliphatic hydroxyl groups excluding tert-OH is 11. The molecule has 5 heterocycles. The first-order valence-corrected chi connectivity index (χ1v) is 20.4. The molecule has 65 heavy (non-hydrogen) atoms. The maximum Gasteiger partial charge on any atom is 1.00 e. The number of amides is 1. The number of aliphatic hydroxyl groups is 11. The third-order valence-electron chi connectivity index (χ3n) is 11.3. The summed E-state index contributed by atoms with van der Waals surface area (Å²) < 4.78 is 57.1. The van der Waals surface area contributed by atoms with Gasteiger partial charge >= 0.3 is 35.5 Å². The summed E-state index contributed by atoms with van der Waals surface area (Å²) >= 11 is 0. The molecule has 370 valence electrons. The van der Waals surface area contributed by atoms with E-state index in [1.54, 1.807) is 0 Å². The van der Waals surface area contributed by atoms with Crippen LogP contribution >= 0.6 is 0 Å². The van der Waals surface area contributed by atoms with Gasteiger partial charge < -0.3 is 125 Å². The fraction of sp³-hybridized carbons (Fsp3) is 0.917. The van der Waals surface area contributed by atoms with Gasteiger partial charge in [0.1, 0.15) is 104 Å². The minimum Gasteiger partial charge on any atom is -0.862 e. The zero-order valence-electron chi connectivity index (χ0n) is 36.0. The third kappa shape index (κ3) is 12.7. The molecule has 5 aliphatic heterocycles. The summed E-state index contributed by atoms with van der Waals surface area (Å²) in [5.74, 6) is -3.25. The smallest absolute Gasteiger partial charge is 0.862 e. The average molecular weight is 958 g/mol. The van der Waals surface area contributed by atoms with Crippen molar-refractivity contribution in [3.8, 4) is 0 Å². The predicted octanol–water partition coefficient (Wildman–Crippen LogP) is -12.9. The van der Waals surface area contributed by atoms with Gasteiger partial charge in [0, 0.05) is 13.5 Å². The van der Waals surface area contributed by atoms with Crippen molar-refractivity contribution in [3.05, 3.63) is 0 Å². The Bertz CT molecular complexity index is 1560. The van der Waals surface area contributed by atoms with Crippen LogP contribution in [0, 0.1) is 0 Å². The normalized spacial score (nSPS) is 47.4. The van der Waals surface area contributed by atoms with E-state index in [1.807, 2.05) is 0 Å². The van der Waals surface area contributed by atoms with Crippen molar-refractivity contribution in [3.63, 3.8) is 0 Å². The quantitative estimate of drug-likeness (QED) is 0.0388. The average Bonchev–Trinajstić information content (AvgIpc) is 3.24. The molecule has 25 atom stereocenters. The van der Waals surface area contributed by atoms with Gasteiger partial charge in [-0.25, -0.2) is 4.79 Å². The largest absolute Gasteiger partial charge is 1.00 e. The van der Waals surface area contributed by atoms with E-state index in [0.29, 0.717) is 0 Å². The van der Waals surface area contributed by atoms with Crippen LogP contribution in [-0.4, -0.2) is 259 Å². The molecule has 15 N–H and O–H groups in total. The van der Waals surface area contributed by atoms with Gasteiger partial charge in [0.05, 0.1) is 32.0 Å². The van der Waals surface area contributed by atoms with Crippen molar-refractivity contribution in [2.75, 3.05) is 26.4 Å². The van der Waals surface area contributed by atoms with Crippen molar-refractivity contribution < 1.29 is 153 Å². The number of nitrogens with two attached hydrogens (primary N) is 1. The number of aliphatic carboxylic acids is 1. The third-order valence-corrected chi connectivity index (χ3v) is 11.3. The zero-order valence-corrected chi connectivity index (χ0v) is 38.0. The van der Waals surface area contributed by atoms with E-state index in [1.165, 1.54) is 13.8 Å². The number of ether oxygens (including phenoxy) is 10. The Morgan fingerprint density at radius 2 is 1.11 bits per heavy atom. The SMILES string of the molecule is CC(=O)N[C@H]1[C@H](OCCN)O[C@H](CO)[C@@H](O)[C@@H]1O[C@@H]1O[C@@H](C)[C@@H](O)[C@@H](O[C@@H]2O[C@H](CO)[C@@H](O[C@@H]3O[C@@H](C)[C@@H](O)[C@@H](O[C@H]4O[C@H](C(=O)O)[C@@H](O)[C@H](O)[C@H]4O)[C@@H]3O)[C@H](O)[C@H]2N=C(C)[O-])[C@@H]1O.[Na+]. The second kappa shape index (κ2) is 24.4. The van der Waals surface area contributed by atoms with Crippen LogP contribution in [0.3, 0.4) is 0 Å². The maximum atomic E-state index is 12.4. The molecule has 5 aliphatic rings. The van der Waals surface area contributed by atoms with Gasteiger partial charge in [0.15, 0.2) is 37.6 Å². The summed E-state index contributed by atoms with van der Waals surface area (Å²) in [6.07, 6.45) is -40.8. The first-order chi connectivity index (χ1) is 30.1. The van der Waals surface area contributed by atoms with E-state index in [2.05, 4.69) is 10.3 Å². The summed E-state index contributed by atoms with van der Waals surface area (Å²) in [6.45, 7) is 3.04. The fourth-order valence-electron chi connectivity index (χ4n) is 7.95. The van der Waals surface area contributed by atoms with Crippen LogP contribution in [0.5, 0.6) is 0 Å². The fourth-order valence-corrected chi connectivity index (χ4v) is 7.95. The Morgan fingerprint density at radius 3 is 1.60 bits per heavy atom. The molecule has 5 fully saturated rings. The van der Waals surface area contributed by atoms with Crippen LogP contribution in [0.4, 0.5) is 0 Å². The summed E-state index contributed by atoms with van der Waals surface area (Å²) in [6, 6.07) is -3.06. The molecule has 29 heteroatoms. The number of carboxylic acids is 1. The molecule has 0 aliphatic carbocycles. The summed E-state index contributed by atoms with van der Waals surface area (Å²) in [5, 5.41) is 144. The van der Waals surface area contributed by atoms with Gasteiger partial charge in [-0.3, -0.25) is 9.79 Å². The molecule has 0 radical (unpaired) electrons. The molecule has 0 unspecified atom stereocenters. The van der Waals surface area contributed by atoms with Crippen LogP contribution < -0.4 is 45.7 Å². The summed E-state index contributed by atoms with van der Waals surface area (Å²) in [7, 11) is 0. The van der Waals surface area contributed by atoms with E-state index in [0.717, 1.165) is 13.8 Å². The molecule has 0 saturated carbocycles. The Labute approximate surface area is 392 Å². The van der Waals surface area contributed by atoms with Gasteiger partial charge in [0.2, 0.25) is 5.91 Å². The van der Waals surface area contributed by atoms with E-state index >= 15 is 0 Å². The molecule has 0 aromatic heterocycles. The summed E-state index contributed by atoms with van der Waals surface area (Å²) in [4.78, 5) is 27.7. The molecular weight excluding hydrogens is 897 g/mol. The van der Waals surface area contributed by atoms with Gasteiger partial charge in [-0.2, -0.15) is 0 Å². The molecule has 0 aromatic rings. The minimum absolute atomic E-state index is 0. The van der Waals surface area contributed by atoms with Gasteiger partial charge in [0.25, 0.3) is 0 Å². The number of hydrogen-bond donors (Lipinski definition) is 14. The van der Waals surface area contributed by atoms with Gasteiger partial charge in [-0.15, -0.1) is 0 Å². The first kappa shape index (κ1) is 56.1. The van der Waals surface area contributed by atoms with Crippen molar-refractivity contribution >= 4 is 17.8 Å². The van der Waals surface area contributed by atoms with Crippen LogP contribution in [0.1, 0.15) is 27.7 Å². The standard InChI is InChI=1S/C36H61N3O25.Na/c1-9-17(44)28(24(51)36(57-9)61-27-16(39-12(4)43)32(55-6-5-37)58-13(7-40)19(27)46)62-33-15(38-11(3)42)20(47)26(14(8-41)59-33)60-35-25(52)29(18(45)10(2)56-35)63-34-23(50)21(48)22(49)30(64-34)31(53)54;/h9-10,13-30,32-36,40-41,44-52H,5-8,37H2,1-4H3,(H,38,42)(H,39,43)(H,53,54);/q;+1/p-1/t9-,10-,13+,14+,15+,16+,17+,18+,19+,20+,21-,22-,23+,24-,25-,26+,27+,28+,29+,30-,32+,33-,34-,35-,36-;/m0./s1. The van der Waals surface area contributed by atoms with Crippen LogP contribution in [0.2, 0.25) is 0 Å². The Kier molecular flexibility index (Phi) is 21.1. The first-order valence-electron chi connectivity index (χ1n) is 20.4. The number of carbonyl (C=O) groups excluding carboxylic acids is 1. The zero-order chi connectivity index (χ0) is 47.5. The molecule has 1 amide bonds. The van der Waals surface area contributed by atoms with E-state index in [4.69, 9.17) is 53.1 Å². The minimum atomic E-state index is -2.10. The molecule has 5 rings (SSSR count). The second-order valence-corrected chi connectivity index (χ2v) is 16.0. The summed E-state index contributed by atoms with van der Waals surface area (Å²) in [5.41, 5.74) is 5.57. The number of nitrogens with one attached hydrogen (secondary N) is 1. The van der Waals surface area contributed by atoms with Crippen LogP contribution in [0.25, 0.3) is 0 Å².